The first kappa shape index (κ1) is 15.7. The highest BCUT2D eigenvalue weighted by molar-refractivity contribution is 5.83. The Kier molecular flexibility index (Phi) is 5.90. The third-order valence-electron chi connectivity index (χ3n) is 4.21. The Hall–Kier alpha value is -1.71. The van der Waals surface area contributed by atoms with Gasteiger partial charge in [0.25, 0.3) is 0 Å². The van der Waals surface area contributed by atoms with E-state index in [1.165, 1.54) is 25.7 Å². The van der Waals surface area contributed by atoms with Gasteiger partial charge in [-0.1, -0.05) is 37.8 Å². The maximum absolute atomic E-state index is 12.3. The molecule has 2 rings (SSSR count). The Balaban J connectivity index is 1.92. The van der Waals surface area contributed by atoms with Crippen molar-refractivity contribution < 1.29 is 4.79 Å². The van der Waals surface area contributed by atoms with Gasteiger partial charge in [0.2, 0.25) is 5.91 Å². The second-order valence-corrected chi connectivity index (χ2v) is 5.83. The summed E-state index contributed by atoms with van der Waals surface area (Å²) in [7, 11) is 0. The van der Waals surface area contributed by atoms with Gasteiger partial charge in [0, 0.05) is 12.6 Å². The molecule has 116 valence electrons. The van der Waals surface area contributed by atoms with E-state index in [4.69, 9.17) is 5.73 Å². The summed E-state index contributed by atoms with van der Waals surface area (Å²) in [6.45, 7) is 3.19. The molecular formula is C17H27N3O. The van der Waals surface area contributed by atoms with Crippen LogP contribution in [0.15, 0.2) is 24.3 Å². The number of nitrogen functional groups attached to an aromatic ring is 1. The predicted octanol–water partition coefficient (Wildman–Crippen LogP) is 2.93. The van der Waals surface area contributed by atoms with Gasteiger partial charge in [-0.3, -0.25) is 4.79 Å². The van der Waals surface area contributed by atoms with E-state index in [0.717, 1.165) is 30.8 Å². The number of likely N-dealkylation sites (N-methyl/N-ethyl adjacent to an activating group) is 1. The van der Waals surface area contributed by atoms with E-state index in [-0.39, 0.29) is 5.91 Å². The van der Waals surface area contributed by atoms with Crippen LogP contribution in [0.1, 0.15) is 45.4 Å². The van der Waals surface area contributed by atoms with Crippen LogP contribution >= 0.6 is 0 Å². The number of amides is 1. The second kappa shape index (κ2) is 7.91. The largest absolute Gasteiger partial charge is 0.397 e. The molecule has 1 aromatic rings. The predicted molar refractivity (Wildman–Crippen MR) is 88.4 cm³/mol. The Labute approximate surface area is 127 Å². The summed E-state index contributed by atoms with van der Waals surface area (Å²) in [6.07, 6.45) is 7.29. The van der Waals surface area contributed by atoms with Gasteiger partial charge in [-0.05, 0) is 31.9 Å². The molecule has 4 nitrogen and oxygen atoms in total. The number of anilines is 2. The van der Waals surface area contributed by atoms with Crippen molar-refractivity contribution in [1.29, 1.82) is 0 Å². The van der Waals surface area contributed by atoms with Crippen molar-refractivity contribution in [1.82, 2.24) is 5.32 Å². The molecule has 0 aromatic heterocycles. The van der Waals surface area contributed by atoms with Gasteiger partial charge in [0.1, 0.15) is 0 Å². The molecule has 1 fully saturated rings. The first-order valence-corrected chi connectivity index (χ1v) is 8.09. The number of nitrogens with zero attached hydrogens (tertiary/aromatic N) is 1. The molecule has 0 saturated heterocycles. The molecule has 0 spiro atoms. The molecule has 0 aliphatic heterocycles. The number of para-hydroxylation sites is 2. The van der Waals surface area contributed by atoms with Crippen LogP contribution in [0.4, 0.5) is 11.4 Å². The van der Waals surface area contributed by atoms with Crippen LogP contribution in [0.2, 0.25) is 0 Å². The Bertz CT molecular complexity index is 453. The van der Waals surface area contributed by atoms with Crippen LogP contribution in [-0.2, 0) is 4.79 Å². The van der Waals surface area contributed by atoms with Crippen LogP contribution in [0.5, 0.6) is 0 Å². The smallest absolute Gasteiger partial charge is 0.239 e. The van der Waals surface area contributed by atoms with Crippen molar-refractivity contribution in [2.45, 2.75) is 51.5 Å². The zero-order valence-electron chi connectivity index (χ0n) is 13.0. The number of nitrogens with two attached hydrogens (primary N) is 1. The van der Waals surface area contributed by atoms with Crippen molar-refractivity contribution in [2.24, 2.45) is 0 Å². The molecule has 4 heteroatoms. The Morgan fingerprint density at radius 1 is 1.24 bits per heavy atom. The van der Waals surface area contributed by atoms with Crippen molar-refractivity contribution in [3.05, 3.63) is 24.3 Å². The van der Waals surface area contributed by atoms with E-state index < -0.39 is 0 Å². The van der Waals surface area contributed by atoms with E-state index in [0.29, 0.717) is 12.6 Å². The summed E-state index contributed by atoms with van der Waals surface area (Å²) >= 11 is 0. The zero-order chi connectivity index (χ0) is 15.1. The fraction of sp³-hybridized carbons (Fsp3) is 0.588. The molecule has 1 aliphatic rings. The summed E-state index contributed by atoms with van der Waals surface area (Å²) in [6, 6.07) is 8.07. The molecule has 0 unspecified atom stereocenters. The highest BCUT2D eigenvalue weighted by Crippen LogP contribution is 2.22. The first-order valence-electron chi connectivity index (χ1n) is 8.09. The lowest BCUT2D eigenvalue weighted by molar-refractivity contribution is -0.120. The minimum atomic E-state index is 0.104. The minimum Gasteiger partial charge on any atom is -0.397 e. The van der Waals surface area contributed by atoms with Crippen molar-refractivity contribution in [2.75, 3.05) is 23.7 Å². The SMILES string of the molecule is CCN(CC(=O)NC1CCCCCC1)c1ccccc1N. The van der Waals surface area contributed by atoms with E-state index in [1.807, 2.05) is 36.1 Å². The van der Waals surface area contributed by atoms with Crippen LogP contribution in [0.3, 0.4) is 0 Å². The summed E-state index contributed by atoms with van der Waals surface area (Å²) in [4.78, 5) is 14.3. The fourth-order valence-corrected chi connectivity index (χ4v) is 3.01. The van der Waals surface area contributed by atoms with Gasteiger partial charge >= 0.3 is 0 Å². The summed E-state index contributed by atoms with van der Waals surface area (Å²) < 4.78 is 0. The molecule has 0 radical (unpaired) electrons. The summed E-state index contributed by atoms with van der Waals surface area (Å²) in [5, 5.41) is 3.19. The maximum atomic E-state index is 12.3. The van der Waals surface area contributed by atoms with Crippen molar-refractivity contribution >= 4 is 17.3 Å². The van der Waals surface area contributed by atoms with E-state index in [2.05, 4.69) is 5.32 Å². The van der Waals surface area contributed by atoms with Gasteiger partial charge < -0.3 is 16.0 Å². The number of hydrogen-bond donors (Lipinski definition) is 2. The molecule has 1 aliphatic carbocycles. The molecule has 0 heterocycles. The quantitative estimate of drug-likeness (QED) is 0.647. The highest BCUT2D eigenvalue weighted by Gasteiger charge is 2.17. The van der Waals surface area contributed by atoms with Crippen LogP contribution in [-0.4, -0.2) is 25.0 Å². The topological polar surface area (TPSA) is 58.4 Å². The first-order chi connectivity index (χ1) is 10.2. The highest BCUT2D eigenvalue weighted by atomic mass is 16.2. The third-order valence-corrected chi connectivity index (χ3v) is 4.21. The van der Waals surface area contributed by atoms with Crippen molar-refractivity contribution in [3.63, 3.8) is 0 Å². The number of carbonyl (C=O) groups is 1. The number of benzene rings is 1. The lowest BCUT2D eigenvalue weighted by atomic mass is 10.1. The van der Waals surface area contributed by atoms with Crippen LogP contribution < -0.4 is 16.0 Å². The third kappa shape index (κ3) is 4.66. The number of nitrogens with one attached hydrogen (secondary N) is 1. The molecule has 21 heavy (non-hydrogen) atoms. The fourth-order valence-electron chi connectivity index (χ4n) is 3.01. The standard InChI is InChI=1S/C17H27N3O/c1-2-20(16-12-8-7-11-15(16)18)13-17(21)19-14-9-5-3-4-6-10-14/h7-8,11-12,14H,2-6,9-10,13,18H2,1H3,(H,19,21). The normalized spacial score (nSPS) is 16.2. The lowest BCUT2D eigenvalue weighted by Gasteiger charge is -2.25. The minimum absolute atomic E-state index is 0.104. The number of hydrogen-bond acceptors (Lipinski definition) is 3. The Morgan fingerprint density at radius 2 is 1.90 bits per heavy atom. The second-order valence-electron chi connectivity index (χ2n) is 5.83. The van der Waals surface area contributed by atoms with Crippen LogP contribution in [0.25, 0.3) is 0 Å². The van der Waals surface area contributed by atoms with Gasteiger partial charge in [0.15, 0.2) is 0 Å². The molecule has 0 bridgehead atoms. The van der Waals surface area contributed by atoms with E-state index in [1.54, 1.807) is 0 Å². The Morgan fingerprint density at radius 3 is 2.52 bits per heavy atom. The molecule has 0 atom stereocenters. The van der Waals surface area contributed by atoms with Gasteiger partial charge in [-0.25, -0.2) is 0 Å². The van der Waals surface area contributed by atoms with E-state index in [9.17, 15) is 4.79 Å². The number of rotatable bonds is 5. The van der Waals surface area contributed by atoms with Gasteiger partial charge in [-0.2, -0.15) is 0 Å². The average molecular weight is 289 g/mol. The monoisotopic (exact) mass is 289 g/mol. The zero-order valence-corrected chi connectivity index (χ0v) is 13.0. The van der Waals surface area contributed by atoms with Crippen molar-refractivity contribution in [3.8, 4) is 0 Å². The number of carbonyl (C=O) groups excluding carboxylic acids is 1. The molecular weight excluding hydrogens is 262 g/mol. The maximum Gasteiger partial charge on any atom is 0.239 e. The average Bonchev–Trinajstić information content (AvgIpc) is 2.74. The molecule has 1 amide bonds. The van der Waals surface area contributed by atoms with Gasteiger partial charge in [0.05, 0.1) is 17.9 Å². The summed E-state index contributed by atoms with van der Waals surface area (Å²) in [5.74, 6) is 0.104. The van der Waals surface area contributed by atoms with E-state index >= 15 is 0 Å². The molecule has 1 aromatic carbocycles. The molecule has 3 N–H and O–H groups in total. The molecule has 1 saturated carbocycles. The van der Waals surface area contributed by atoms with Crippen LogP contribution in [0, 0.1) is 0 Å². The summed E-state index contributed by atoms with van der Waals surface area (Å²) in [5.41, 5.74) is 7.67. The lowest BCUT2D eigenvalue weighted by Crippen LogP contribution is -2.42. The van der Waals surface area contributed by atoms with Gasteiger partial charge in [-0.15, -0.1) is 0 Å².